The van der Waals surface area contributed by atoms with Crippen LogP contribution in [-0.2, 0) is 6.18 Å². The van der Waals surface area contributed by atoms with Crippen LogP contribution in [0.5, 0.6) is 0 Å². The van der Waals surface area contributed by atoms with E-state index in [0.717, 1.165) is 17.7 Å². The Balaban J connectivity index is 1.65. The van der Waals surface area contributed by atoms with Crippen molar-refractivity contribution in [2.75, 3.05) is 16.8 Å². The summed E-state index contributed by atoms with van der Waals surface area (Å²) in [6.45, 7) is 3.85. The predicted molar refractivity (Wildman–Crippen MR) is 107 cm³/mol. The number of halogens is 3. The van der Waals surface area contributed by atoms with Gasteiger partial charge >= 0.3 is 6.18 Å². The van der Waals surface area contributed by atoms with Crippen LogP contribution in [0.15, 0.2) is 48.9 Å². The molecule has 160 valence electrons. The highest BCUT2D eigenvalue weighted by molar-refractivity contribution is 6.15. The van der Waals surface area contributed by atoms with Gasteiger partial charge in [-0.05, 0) is 49.7 Å². The quantitative estimate of drug-likeness (QED) is 0.681. The molecule has 0 unspecified atom stereocenters. The summed E-state index contributed by atoms with van der Waals surface area (Å²) in [5, 5.41) is 6.89. The fourth-order valence-electron chi connectivity index (χ4n) is 3.50. The van der Waals surface area contributed by atoms with Crippen molar-refractivity contribution in [1.82, 2.24) is 14.8 Å². The summed E-state index contributed by atoms with van der Waals surface area (Å²) in [6, 6.07) is 5.81. The SMILES string of the molecule is Cc1cncc(NC(=O)c2cnn3c2C(=O)N(c2ccc(C(F)(F)F)cc2)C[C@@H]3C)c1. The summed E-state index contributed by atoms with van der Waals surface area (Å²) < 4.78 is 40.0. The molecule has 0 bridgehead atoms. The Bertz CT molecular complexity index is 1150. The Morgan fingerprint density at radius 2 is 1.87 bits per heavy atom. The molecule has 1 aromatic carbocycles. The highest BCUT2D eigenvalue weighted by atomic mass is 19.4. The number of fused-ring (bicyclic) bond motifs is 1. The van der Waals surface area contributed by atoms with Gasteiger partial charge in [0, 0.05) is 18.4 Å². The minimum atomic E-state index is -4.47. The van der Waals surface area contributed by atoms with E-state index >= 15 is 0 Å². The summed E-state index contributed by atoms with van der Waals surface area (Å²) in [7, 11) is 0. The van der Waals surface area contributed by atoms with Crippen LogP contribution >= 0.6 is 0 Å². The maximum absolute atomic E-state index is 13.2. The number of pyridine rings is 1. The van der Waals surface area contributed by atoms with Crippen LogP contribution < -0.4 is 10.2 Å². The molecule has 31 heavy (non-hydrogen) atoms. The number of carbonyl (C=O) groups is 2. The molecule has 3 aromatic rings. The Morgan fingerprint density at radius 1 is 1.16 bits per heavy atom. The van der Waals surface area contributed by atoms with E-state index in [2.05, 4.69) is 15.4 Å². The highest BCUT2D eigenvalue weighted by Crippen LogP contribution is 2.33. The van der Waals surface area contributed by atoms with Crippen molar-refractivity contribution >= 4 is 23.2 Å². The number of rotatable bonds is 3. The molecule has 1 N–H and O–H groups in total. The van der Waals surface area contributed by atoms with Gasteiger partial charge in [0.1, 0.15) is 5.69 Å². The summed E-state index contributed by atoms with van der Waals surface area (Å²) in [5.41, 5.74) is 0.998. The van der Waals surface area contributed by atoms with Crippen LogP contribution in [0.2, 0.25) is 0 Å². The zero-order chi connectivity index (χ0) is 22.3. The number of nitrogens with one attached hydrogen (secondary N) is 1. The first-order valence-corrected chi connectivity index (χ1v) is 9.45. The molecule has 2 aromatic heterocycles. The molecular weight excluding hydrogens is 411 g/mol. The Kier molecular flexibility index (Phi) is 5.00. The number of hydrogen-bond acceptors (Lipinski definition) is 4. The molecule has 0 aliphatic carbocycles. The second kappa shape index (κ2) is 7.53. The number of nitrogens with zero attached hydrogens (tertiary/aromatic N) is 4. The van der Waals surface area contributed by atoms with Crippen molar-refractivity contribution in [3.63, 3.8) is 0 Å². The summed E-state index contributed by atoms with van der Waals surface area (Å²) in [5.74, 6) is -1.04. The normalized spacial score (nSPS) is 16.2. The number of aryl methyl sites for hydroxylation is 1. The highest BCUT2D eigenvalue weighted by Gasteiger charge is 2.36. The van der Waals surface area contributed by atoms with Crippen LogP contribution in [0.25, 0.3) is 0 Å². The number of benzene rings is 1. The zero-order valence-electron chi connectivity index (χ0n) is 16.6. The smallest absolute Gasteiger partial charge is 0.320 e. The summed E-state index contributed by atoms with van der Waals surface area (Å²) >= 11 is 0. The molecule has 0 spiro atoms. The number of alkyl halides is 3. The molecule has 1 aliphatic heterocycles. The van der Waals surface area contributed by atoms with Crippen LogP contribution in [0, 0.1) is 6.92 Å². The molecule has 1 atom stereocenters. The van der Waals surface area contributed by atoms with Gasteiger partial charge in [-0.3, -0.25) is 19.3 Å². The lowest BCUT2D eigenvalue weighted by atomic mass is 10.1. The third-order valence-electron chi connectivity index (χ3n) is 4.99. The molecule has 0 saturated carbocycles. The van der Waals surface area contributed by atoms with E-state index in [0.29, 0.717) is 11.4 Å². The number of anilines is 2. The lowest BCUT2D eigenvalue weighted by Crippen LogP contribution is -2.43. The van der Waals surface area contributed by atoms with Crippen LogP contribution in [0.3, 0.4) is 0 Å². The van der Waals surface area contributed by atoms with Gasteiger partial charge in [-0.1, -0.05) is 0 Å². The van der Waals surface area contributed by atoms with Crippen molar-refractivity contribution in [3.8, 4) is 0 Å². The third-order valence-corrected chi connectivity index (χ3v) is 4.99. The molecule has 0 radical (unpaired) electrons. The summed E-state index contributed by atoms with van der Waals surface area (Å²) in [4.78, 5) is 31.4. The average molecular weight is 429 g/mol. The largest absolute Gasteiger partial charge is 0.416 e. The van der Waals surface area contributed by atoms with Crippen molar-refractivity contribution in [1.29, 1.82) is 0 Å². The average Bonchev–Trinajstić information content (AvgIpc) is 3.16. The van der Waals surface area contributed by atoms with Crippen LogP contribution in [0.4, 0.5) is 24.5 Å². The first-order valence-electron chi connectivity index (χ1n) is 9.45. The standard InChI is InChI=1S/C21H18F3N5O2/c1-12-7-15(9-25-8-12)27-19(30)17-10-26-29-13(2)11-28(20(31)18(17)29)16-5-3-14(4-6-16)21(22,23)24/h3-10,13H,11H2,1-2H3,(H,27,30)/t13-/m0/s1. The molecular formula is C21H18F3N5O2. The molecule has 2 amide bonds. The lowest BCUT2D eigenvalue weighted by molar-refractivity contribution is -0.137. The fraction of sp³-hybridized carbons (Fsp3) is 0.238. The van der Waals surface area contributed by atoms with Crippen molar-refractivity contribution in [2.45, 2.75) is 26.1 Å². The van der Waals surface area contributed by atoms with Gasteiger partial charge in [0.15, 0.2) is 0 Å². The van der Waals surface area contributed by atoms with E-state index in [1.54, 1.807) is 12.3 Å². The third kappa shape index (κ3) is 3.88. The fourth-order valence-corrected chi connectivity index (χ4v) is 3.50. The van der Waals surface area contributed by atoms with Crippen LogP contribution in [-0.4, -0.2) is 33.1 Å². The van der Waals surface area contributed by atoms with Crippen molar-refractivity contribution < 1.29 is 22.8 Å². The van der Waals surface area contributed by atoms with Crippen LogP contribution in [0.1, 0.15) is 44.9 Å². The van der Waals surface area contributed by atoms with E-state index in [1.807, 2.05) is 13.8 Å². The topological polar surface area (TPSA) is 80.1 Å². The van der Waals surface area contributed by atoms with E-state index < -0.39 is 23.6 Å². The molecule has 3 heterocycles. The van der Waals surface area contributed by atoms with Gasteiger partial charge < -0.3 is 10.2 Å². The minimum Gasteiger partial charge on any atom is -0.320 e. The Hall–Kier alpha value is -3.69. The molecule has 0 fully saturated rings. The molecule has 7 nitrogen and oxygen atoms in total. The lowest BCUT2D eigenvalue weighted by Gasteiger charge is -2.32. The maximum Gasteiger partial charge on any atom is 0.416 e. The molecule has 10 heteroatoms. The molecule has 1 aliphatic rings. The van der Waals surface area contributed by atoms with Gasteiger partial charge in [-0.15, -0.1) is 0 Å². The van der Waals surface area contributed by atoms with E-state index in [9.17, 15) is 22.8 Å². The molecule has 4 rings (SSSR count). The first-order chi connectivity index (χ1) is 14.6. The van der Waals surface area contributed by atoms with E-state index in [1.165, 1.54) is 34.1 Å². The first kappa shape index (κ1) is 20.6. The van der Waals surface area contributed by atoms with Gasteiger partial charge in [0.2, 0.25) is 0 Å². The second-order valence-corrected chi connectivity index (χ2v) is 7.37. The Morgan fingerprint density at radius 3 is 2.52 bits per heavy atom. The van der Waals surface area contributed by atoms with Gasteiger partial charge in [0.05, 0.1) is 35.2 Å². The van der Waals surface area contributed by atoms with Gasteiger partial charge in [-0.25, -0.2) is 0 Å². The van der Waals surface area contributed by atoms with Crippen molar-refractivity contribution in [3.05, 3.63) is 71.3 Å². The monoisotopic (exact) mass is 429 g/mol. The summed E-state index contributed by atoms with van der Waals surface area (Å²) in [6.07, 6.45) is -0.0186. The molecule has 0 saturated heterocycles. The second-order valence-electron chi connectivity index (χ2n) is 7.37. The number of amides is 2. The van der Waals surface area contributed by atoms with Gasteiger partial charge in [0.25, 0.3) is 11.8 Å². The zero-order valence-corrected chi connectivity index (χ0v) is 16.6. The number of aromatic nitrogens is 3. The predicted octanol–water partition coefficient (Wildman–Crippen LogP) is 4.08. The van der Waals surface area contributed by atoms with Gasteiger partial charge in [-0.2, -0.15) is 18.3 Å². The van der Waals surface area contributed by atoms with E-state index in [4.69, 9.17) is 0 Å². The minimum absolute atomic E-state index is 0.0787. The Labute approximate surface area is 175 Å². The van der Waals surface area contributed by atoms with Crippen molar-refractivity contribution in [2.24, 2.45) is 0 Å². The maximum atomic E-state index is 13.2. The number of carbonyl (C=O) groups excluding carboxylic acids is 2. The number of hydrogen-bond donors (Lipinski definition) is 1. The van der Waals surface area contributed by atoms with E-state index in [-0.39, 0.29) is 23.8 Å².